The zero-order chi connectivity index (χ0) is 11.4. The molecule has 0 aromatic carbocycles. The molecule has 1 aromatic heterocycles. The topological polar surface area (TPSA) is 56.7 Å². The Kier molecular flexibility index (Phi) is 3.59. The summed E-state index contributed by atoms with van der Waals surface area (Å²) in [5.41, 5.74) is 6.45. The highest BCUT2D eigenvalue weighted by atomic mass is 15.3. The normalized spacial score (nSPS) is 20.6. The minimum atomic E-state index is -0.0452. The lowest BCUT2D eigenvalue weighted by molar-refractivity contribution is 0.354. The second kappa shape index (κ2) is 4.95. The lowest BCUT2D eigenvalue weighted by Gasteiger charge is -2.27. The van der Waals surface area contributed by atoms with E-state index < -0.39 is 0 Å². The number of aryl methyl sites for hydroxylation is 1. The van der Waals surface area contributed by atoms with Crippen molar-refractivity contribution in [2.24, 2.45) is 5.73 Å². The van der Waals surface area contributed by atoms with E-state index in [1.807, 2.05) is 4.68 Å². The van der Waals surface area contributed by atoms with E-state index >= 15 is 0 Å². The second-order valence-electron chi connectivity index (χ2n) is 4.95. The first-order valence-corrected chi connectivity index (χ1v) is 6.39. The van der Waals surface area contributed by atoms with Crippen molar-refractivity contribution >= 4 is 0 Å². The van der Waals surface area contributed by atoms with Gasteiger partial charge in [0.25, 0.3) is 0 Å². The molecular weight excluding hydrogens is 200 g/mol. The minimum Gasteiger partial charge on any atom is -0.325 e. The summed E-state index contributed by atoms with van der Waals surface area (Å²) in [6.45, 7) is 2.97. The summed E-state index contributed by atoms with van der Waals surface area (Å²) >= 11 is 0. The summed E-state index contributed by atoms with van der Waals surface area (Å²) in [4.78, 5) is 4.33. The van der Waals surface area contributed by atoms with Gasteiger partial charge in [0.2, 0.25) is 0 Å². The highest BCUT2D eigenvalue weighted by Gasteiger charge is 2.28. The van der Waals surface area contributed by atoms with Crippen LogP contribution >= 0.6 is 0 Å². The Morgan fingerprint density at radius 1 is 1.31 bits per heavy atom. The first kappa shape index (κ1) is 11.6. The lowest BCUT2D eigenvalue weighted by Crippen LogP contribution is -2.42. The molecule has 1 aliphatic rings. The van der Waals surface area contributed by atoms with Crippen molar-refractivity contribution in [1.82, 2.24) is 14.8 Å². The predicted molar refractivity (Wildman–Crippen MR) is 64.0 cm³/mol. The quantitative estimate of drug-likeness (QED) is 0.795. The van der Waals surface area contributed by atoms with Crippen molar-refractivity contribution < 1.29 is 0 Å². The van der Waals surface area contributed by atoms with Crippen LogP contribution in [0.1, 0.15) is 51.3 Å². The highest BCUT2D eigenvalue weighted by molar-refractivity contribution is 4.98. The average molecular weight is 222 g/mol. The van der Waals surface area contributed by atoms with E-state index in [9.17, 15) is 0 Å². The van der Waals surface area contributed by atoms with Crippen molar-refractivity contribution in [2.45, 2.75) is 64.0 Å². The largest absolute Gasteiger partial charge is 0.325 e. The van der Waals surface area contributed by atoms with E-state index in [4.69, 9.17) is 5.73 Å². The molecule has 1 saturated carbocycles. The summed E-state index contributed by atoms with van der Waals surface area (Å²) in [7, 11) is 0. The van der Waals surface area contributed by atoms with Gasteiger partial charge >= 0.3 is 0 Å². The van der Waals surface area contributed by atoms with E-state index in [0.717, 1.165) is 31.6 Å². The molecule has 1 heterocycles. The molecule has 0 atom stereocenters. The monoisotopic (exact) mass is 222 g/mol. The van der Waals surface area contributed by atoms with Gasteiger partial charge < -0.3 is 5.73 Å². The lowest BCUT2D eigenvalue weighted by atomic mass is 9.87. The van der Waals surface area contributed by atoms with Crippen LogP contribution in [0, 0.1) is 0 Å². The number of nitrogens with two attached hydrogens (primary N) is 1. The van der Waals surface area contributed by atoms with Crippen molar-refractivity contribution in [3.8, 4) is 0 Å². The summed E-state index contributed by atoms with van der Waals surface area (Å²) in [6, 6.07) is 0. The number of nitrogens with zero attached hydrogens (tertiary/aromatic N) is 3. The smallest absolute Gasteiger partial charge is 0.138 e. The number of hydrogen-bond acceptors (Lipinski definition) is 3. The van der Waals surface area contributed by atoms with Crippen molar-refractivity contribution in [2.75, 3.05) is 0 Å². The molecule has 0 aliphatic heterocycles. The van der Waals surface area contributed by atoms with E-state index in [1.54, 1.807) is 6.33 Å². The molecule has 4 heteroatoms. The van der Waals surface area contributed by atoms with E-state index in [2.05, 4.69) is 17.0 Å². The Hall–Kier alpha value is -0.900. The van der Waals surface area contributed by atoms with Crippen LogP contribution in [0.25, 0.3) is 0 Å². The van der Waals surface area contributed by atoms with Crippen LogP contribution in [0.5, 0.6) is 0 Å². The van der Waals surface area contributed by atoms with Crippen LogP contribution in [-0.4, -0.2) is 20.3 Å². The Labute approximate surface area is 97.2 Å². The molecule has 0 saturated heterocycles. The maximum Gasteiger partial charge on any atom is 0.138 e. The molecular formula is C12H22N4. The average Bonchev–Trinajstić information content (AvgIpc) is 2.59. The maximum atomic E-state index is 6.49. The molecule has 90 valence electrons. The molecule has 4 nitrogen and oxygen atoms in total. The SMILES string of the molecule is CCn1ncnc1CC1(N)CCCCCC1. The summed E-state index contributed by atoms with van der Waals surface area (Å²) in [5.74, 6) is 1.05. The summed E-state index contributed by atoms with van der Waals surface area (Å²) in [6.07, 6.45) is 9.96. The second-order valence-corrected chi connectivity index (χ2v) is 4.95. The van der Waals surface area contributed by atoms with Crippen molar-refractivity contribution in [3.63, 3.8) is 0 Å². The van der Waals surface area contributed by atoms with Crippen LogP contribution in [0.2, 0.25) is 0 Å². The summed E-state index contributed by atoms with van der Waals surface area (Å²) in [5, 5.41) is 4.20. The Bertz CT molecular complexity index is 324. The van der Waals surface area contributed by atoms with Crippen molar-refractivity contribution in [3.05, 3.63) is 12.2 Å². The van der Waals surface area contributed by atoms with Crippen LogP contribution in [0.3, 0.4) is 0 Å². The molecule has 0 spiro atoms. The molecule has 2 rings (SSSR count). The van der Waals surface area contributed by atoms with E-state index in [0.29, 0.717) is 0 Å². The first-order chi connectivity index (χ1) is 7.73. The fourth-order valence-corrected chi connectivity index (χ4v) is 2.61. The Balaban J connectivity index is 2.06. The zero-order valence-electron chi connectivity index (χ0n) is 10.2. The molecule has 0 bridgehead atoms. The molecule has 0 radical (unpaired) electrons. The van der Waals surface area contributed by atoms with E-state index in [-0.39, 0.29) is 5.54 Å². The van der Waals surface area contributed by atoms with Crippen LogP contribution < -0.4 is 5.73 Å². The van der Waals surface area contributed by atoms with Crippen LogP contribution in [-0.2, 0) is 13.0 Å². The maximum absolute atomic E-state index is 6.49. The molecule has 1 aromatic rings. The fraction of sp³-hybridized carbons (Fsp3) is 0.833. The van der Waals surface area contributed by atoms with Gasteiger partial charge in [-0.2, -0.15) is 5.10 Å². The van der Waals surface area contributed by atoms with Crippen LogP contribution in [0.15, 0.2) is 6.33 Å². The number of rotatable bonds is 3. The molecule has 1 fully saturated rings. The van der Waals surface area contributed by atoms with E-state index in [1.165, 1.54) is 25.7 Å². The predicted octanol–water partition coefficient (Wildman–Crippen LogP) is 1.89. The Morgan fingerprint density at radius 3 is 2.62 bits per heavy atom. The number of aromatic nitrogens is 3. The van der Waals surface area contributed by atoms with Gasteiger partial charge in [0.1, 0.15) is 12.2 Å². The van der Waals surface area contributed by atoms with Gasteiger partial charge in [-0.05, 0) is 19.8 Å². The van der Waals surface area contributed by atoms with Gasteiger partial charge in [0, 0.05) is 18.5 Å². The standard InChI is InChI=1S/C12H22N4/c1-2-16-11(14-10-15-16)9-12(13)7-5-3-4-6-8-12/h10H,2-9,13H2,1H3. The Morgan fingerprint density at radius 2 is 2.00 bits per heavy atom. The molecule has 1 aliphatic carbocycles. The third-order valence-corrected chi connectivity index (χ3v) is 3.60. The van der Waals surface area contributed by atoms with Crippen molar-refractivity contribution in [1.29, 1.82) is 0 Å². The third-order valence-electron chi connectivity index (χ3n) is 3.60. The van der Waals surface area contributed by atoms with Gasteiger partial charge in [-0.1, -0.05) is 25.7 Å². The first-order valence-electron chi connectivity index (χ1n) is 6.39. The highest BCUT2D eigenvalue weighted by Crippen LogP contribution is 2.27. The van der Waals surface area contributed by atoms with Gasteiger partial charge in [0.15, 0.2) is 0 Å². The third kappa shape index (κ3) is 2.61. The molecule has 16 heavy (non-hydrogen) atoms. The summed E-state index contributed by atoms with van der Waals surface area (Å²) < 4.78 is 1.96. The van der Waals surface area contributed by atoms with Crippen LogP contribution in [0.4, 0.5) is 0 Å². The molecule has 0 amide bonds. The minimum absolute atomic E-state index is 0.0452. The van der Waals surface area contributed by atoms with Gasteiger partial charge in [-0.3, -0.25) is 4.68 Å². The van der Waals surface area contributed by atoms with Gasteiger partial charge in [-0.25, -0.2) is 4.98 Å². The molecule has 0 unspecified atom stereocenters. The zero-order valence-corrected chi connectivity index (χ0v) is 10.2. The fourth-order valence-electron chi connectivity index (χ4n) is 2.61. The van der Waals surface area contributed by atoms with Gasteiger partial charge in [0.05, 0.1) is 0 Å². The molecule has 2 N–H and O–H groups in total. The van der Waals surface area contributed by atoms with Gasteiger partial charge in [-0.15, -0.1) is 0 Å². The number of hydrogen-bond donors (Lipinski definition) is 1.